The van der Waals surface area contributed by atoms with Gasteiger partial charge in [0, 0.05) is 29.9 Å². The van der Waals surface area contributed by atoms with Crippen molar-refractivity contribution < 1.29 is 4.79 Å². The lowest BCUT2D eigenvalue weighted by Gasteiger charge is -2.30. The van der Waals surface area contributed by atoms with Crippen LogP contribution in [-0.2, 0) is 11.2 Å². The van der Waals surface area contributed by atoms with Crippen LogP contribution in [-0.4, -0.2) is 50.1 Å². The Bertz CT molecular complexity index is 1090. The minimum atomic E-state index is -0.799. The minimum Gasteiger partial charge on any atom is -0.348 e. The van der Waals surface area contributed by atoms with Crippen LogP contribution in [0.5, 0.6) is 0 Å². The molecule has 1 aliphatic rings. The first kappa shape index (κ1) is 20.7. The second kappa shape index (κ2) is 8.31. The summed E-state index contributed by atoms with van der Waals surface area (Å²) in [5, 5.41) is 13.2. The third kappa shape index (κ3) is 4.31. The average Bonchev–Trinajstić information content (AvgIpc) is 3.30. The number of amides is 1. The van der Waals surface area contributed by atoms with Crippen molar-refractivity contribution in [2.45, 2.75) is 44.6 Å². The van der Waals surface area contributed by atoms with Crippen molar-refractivity contribution in [3.8, 4) is 6.07 Å². The summed E-state index contributed by atoms with van der Waals surface area (Å²) in [6.07, 6.45) is 15.3. The fourth-order valence-corrected chi connectivity index (χ4v) is 4.99. The second-order valence-corrected chi connectivity index (χ2v) is 13.6. The maximum Gasteiger partial charge on any atom is 0.228 e. The van der Waals surface area contributed by atoms with Gasteiger partial charge in [-0.2, -0.15) is 5.26 Å². The Morgan fingerprint density at radius 2 is 2.10 bits per heavy atom. The van der Waals surface area contributed by atoms with Gasteiger partial charge in [0.1, 0.15) is 17.0 Å². The number of rotatable bonds is 6. The molecule has 1 aliphatic carbocycles. The Morgan fingerprint density at radius 3 is 2.80 bits per heavy atom. The van der Waals surface area contributed by atoms with Gasteiger partial charge in [-0.05, 0) is 56.4 Å². The summed E-state index contributed by atoms with van der Waals surface area (Å²) >= 11 is 0. The summed E-state index contributed by atoms with van der Waals surface area (Å²) in [7, 11) is -0.799. The molecule has 0 atom stereocenters. The number of nitrogens with one attached hydrogen (secondary N) is 2. The number of nitrogens with zero attached hydrogens (tertiary/aromatic N) is 4. The molecule has 0 aliphatic heterocycles. The molecule has 0 unspecified atom stereocenters. The quantitative estimate of drug-likeness (QED) is 0.625. The molecule has 7 nitrogen and oxygen atoms in total. The molecule has 1 saturated carbocycles. The van der Waals surface area contributed by atoms with Crippen molar-refractivity contribution in [1.82, 2.24) is 24.8 Å². The zero-order valence-corrected chi connectivity index (χ0v) is 18.8. The van der Waals surface area contributed by atoms with Gasteiger partial charge in [0.25, 0.3) is 0 Å². The fraction of sp³-hybridized carbons (Fsp3) is 0.545. The number of nitriles is 1. The van der Waals surface area contributed by atoms with Crippen LogP contribution in [0.15, 0.2) is 18.5 Å². The number of fused-ring (bicyclic) bond motifs is 3. The summed E-state index contributed by atoms with van der Waals surface area (Å²) < 4.78 is 2.29. The number of hydrogen-bond donors (Lipinski definition) is 2. The number of H-pyrrole nitrogens is 1. The molecule has 1 fully saturated rings. The summed E-state index contributed by atoms with van der Waals surface area (Å²) in [4.78, 5) is 25.2. The Hall–Kier alpha value is -2.53. The lowest BCUT2D eigenvalue weighted by molar-refractivity contribution is -0.120. The smallest absolute Gasteiger partial charge is 0.228 e. The van der Waals surface area contributed by atoms with E-state index in [2.05, 4.69) is 44.7 Å². The first-order valence-electron chi connectivity index (χ1n) is 10.5. The van der Waals surface area contributed by atoms with Crippen LogP contribution in [0.1, 0.15) is 44.0 Å². The molecule has 8 heteroatoms. The van der Waals surface area contributed by atoms with Crippen LogP contribution < -0.4 is 5.32 Å². The van der Waals surface area contributed by atoms with Crippen LogP contribution in [0.3, 0.4) is 0 Å². The van der Waals surface area contributed by atoms with E-state index in [1.54, 1.807) is 6.20 Å². The standard InChI is InChI=1S/C22H30N6OS/c1-30(2,3)14-26-20(29)12-19-27-18-13-25-22-17(9-11-24-22)21(18)28(19)16-6-4-15(5-7-16)8-10-23/h9,11,13,15-16H,4-8,12,14H2,1-3H3,(H,24,25)(H,26,29). The molecule has 0 saturated heterocycles. The number of pyridine rings is 1. The molecular formula is C22H30N6OS. The summed E-state index contributed by atoms with van der Waals surface area (Å²) in [5.41, 5.74) is 2.74. The highest BCUT2D eigenvalue weighted by atomic mass is 32.3. The van der Waals surface area contributed by atoms with Crippen molar-refractivity contribution in [2.24, 2.45) is 5.92 Å². The maximum absolute atomic E-state index is 12.7. The lowest BCUT2D eigenvalue weighted by Crippen LogP contribution is -2.30. The highest BCUT2D eigenvalue weighted by Gasteiger charge is 2.27. The zero-order chi connectivity index (χ0) is 21.3. The average molecular weight is 427 g/mol. The minimum absolute atomic E-state index is 0.0189. The van der Waals surface area contributed by atoms with Crippen molar-refractivity contribution in [3.05, 3.63) is 24.3 Å². The molecule has 0 aromatic carbocycles. The van der Waals surface area contributed by atoms with E-state index in [9.17, 15) is 4.79 Å². The van der Waals surface area contributed by atoms with E-state index in [-0.39, 0.29) is 12.3 Å². The third-order valence-corrected chi connectivity index (χ3v) is 6.90. The van der Waals surface area contributed by atoms with Gasteiger partial charge >= 0.3 is 0 Å². The molecule has 30 heavy (non-hydrogen) atoms. The number of imidazole rings is 1. The van der Waals surface area contributed by atoms with E-state index < -0.39 is 10.0 Å². The predicted octanol–water partition coefficient (Wildman–Crippen LogP) is 3.87. The number of aromatic nitrogens is 4. The van der Waals surface area contributed by atoms with Crippen LogP contribution in [0.4, 0.5) is 0 Å². The van der Waals surface area contributed by atoms with Gasteiger partial charge in [0.15, 0.2) is 0 Å². The summed E-state index contributed by atoms with van der Waals surface area (Å²) in [5.74, 6) is 2.03. The van der Waals surface area contributed by atoms with E-state index >= 15 is 0 Å². The SMILES string of the molecule is CS(C)(C)CNC(=O)Cc1nc2cnc3[nH]ccc3c2n1C1CCC(CC#N)CC1. The topological polar surface area (TPSA) is 99.4 Å². The van der Waals surface area contributed by atoms with Crippen LogP contribution in [0, 0.1) is 17.2 Å². The molecular weight excluding hydrogens is 396 g/mol. The van der Waals surface area contributed by atoms with Gasteiger partial charge in [0.05, 0.1) is 24.2 Å². The molecule has 160 valence electrons. The van der Waals surface area contributed by atoms with Crippen molar-refractivity contribution in [1.29, 1.82) is 5.26 Å². The van der Waals surface area contributed by atoms with Gasteiger partial charge in [-0.15, -0.1) is 0 Å². The van der Waals surface area contributed by atoms with Gasteiger partial charge in [-0.3, -0.25) is 4.79 Å². The van der Waals surface area contributed by atoms with Gasteiger partial charge < -0.3 is 14.9 Å². The highest BCUT2D eigenvalue weighted by Crippen LogP contribution is 2.38. The van der Waals surface area contributed by atoms with E-state index in [0.717, 1.165) is 59.5 Å². The largest absolute Gasteiger partial charge is 0.348 e. The first-order chi connectivity index (χ1) is 14.4. The second-order valence-electron chi connectivity index (χ2n) is 9.18. The predicted molar refractivity (Wildman–Crippen MR) is 123 cm³/mol. The van der Waals surface area contributed by atoms with E-state index in [4.69, 9.17) is 10.2 Å². The van der Waals surface area contributed by atoms with Crippen LogP contribution in [0.2, 0.25) is 0 Å². The van der Waals surface area contributed by atoms with Crippen molar-refractivity contribution in [3.63, 3.8) is 0 Å². The highest BCUT2D eigenvalue weighted by molar-refractivity contribution is 8.32. The van der Waals surface area contributed by atoms with E-state index in [1.807, 2.05) is 12.3 Å². The summed E-state index contributed by atoms with van der Waals surface area (Å²) in [6, 6.07) is 4.65. The van der Waals surface area contributed by atoms with Gasteiger partial charge in [-0.25, -0.2) is 20.0 Å². The van der Waals surface area contributed by atoms with E-state index in [0.29, 0.717) is 18.4 Å². The number of aromatic amines is 1. The third-order valence-electron chi connectivity index (χ3n) is 5.89. The number of carbonyl (C=O) groups is 1. The van der Waals surface area contributed by atoms with Gasteiger partial charge in [-0.1, -0.05) is 0 Å². The Morgan fingerprint density at radius 1 is 1.33 bits per heavy atom. The molecule has 0 bridgehead atoms. The maximum atomic E-state index is 12.7. The molecule has 0 spiro atoms. The number of hydrogen-bond acceptors (Lipinski definition) is 4. The molecule has 3 aromatic heterocycles. The zero-order valence-electron chi connectivity index (χ0n) is 17.9. The van der Waals surface area contributed by atoms with Gasteiger partial charge in [0.2, 0.25) is 5.91 Å². The molecule has 3 heterocycles. The van der Waals surface area contributed by atoms with E-state index in [1.165, 1.54) is 0 Å². The monoisotopic (exact) mass is 426 g/mol. The van der Waals surface area contributed by atoms with Crippen molar-refractivity contribution in [2.75, 3.05) is 24.6 Å². The molecule has 2 N–H and O–H groups in total. The van der Waals surface area contributed by atoms with Crippen LogP contribution in [0.25, 0.3) is 22.1 Å². The Kier molecular flexibility index (Phi) is 5.74. The Labute approximate surface area is 178 Å². The molecule has 4 rings (SSSR count). The fourth-order valence-electron chi connectivity index (χ4n) is 4.40. The molecule has 3 aromatic rings. The first-order valence-corrected chi connectivity index (χ1v) is 13.5. The summed E-state index contributed by atoms with van der Waals surface area (Å²) in [6.45, 7) is 0. The normalized spacial score (nSPS) is 20.3. The Balaban J connectivity index is 1.68. The molecule has 1 amide bonds. The van der Waals surface area contributed by atoms with Crippen molar-refractivity contribution >= 4 is 38.0 Å². The lowest BCUT2D eigenvalue weighted by atomic mass is 9.84. The van der Waals surface area contributed by atoms with Crippen LogP contribution >= 0.6 is 10.0 Å². The molecule has 0 radical (unpaired) electrons. The number of carbonyl (C=O) groups excluding carboxylic acids is 1.